The zero-order valence-corrected chi connectivity index (χ0v) is 18.1. The van der Waals surface area contributed by atoms with E-state index in [0.717, 1.165) is 10.9 Å². The second-order valence-electron chi connectivity index (χ2n) is 7.40. The van der Waals surface area contributed by atoms with Crippen LogP contribution in [0.2, 0.25) is 5.02 Å². The van der Waals surface area contributed by atoms with Gasteiger partial charge in [0.2, 0.25) is 0 Å². The van der Waals surface area contributed by atoms with E-state index in [1.54, 1.807) is 52.2 Å². The van der Waals surface area contributed by atoms with E-state index in [4.69, 9.17) is 16.7 Å². The minimum absolute atomic E-state index is 0.212. The highest BCUT2D eigenvalue weighted by Gasteiger charge is 2.18. The smallest absolute Gasteiger partial charge is 0.251 e. The average Bonchev–Trinajstić information content (AvgIpc) is 3.48. The number of benzene rings is 3. The number of rotatable bonds is 6. The summed E-state index contributed by atoms with van der Waals surface area (Å²) in [5.41, 5.74) is 3.32. The highest BCUT2D eigenvalue weighted by Crippen LogP contribution is 2.34. The van der Waals surface area contributed by atoms with Gasteiger partial charge in [-0.05, 0) is 48.5 Å². The highest BCUT2D eigenvalue weighted by atomic mass is 35.5. The van der Waals surface area contributed by atoms with E-state index in [2.05, 4.69) is 15.5 Å². The molecule has 0 unspecified atom stereocenters. The Bertz CT molecular complexity index is 1430. The first-order chi connectivity index (χ1) is 16.1. The summed E-state index contributed by atoms with van der Waals surface area (Å²) in [6.45, 7) is 0.988. The maximum absolute atomic E-state index is 13.5. The lowest BCUT2D eigenvalue weighted by Crippen LogP contribution is -2.27. The van der Waals surface area contributed by atoms with E-state index in [0.29, 0.717) is 40.6 Å². The zero-order chi connectivity index (χ0) is 22.8. The fourth-order valence-electron chi connectivity index (χ4n) is 3.63. The number of nitrogens with one attached hydrogen (secondary N) is 1. The molecule has 0 aliphatic heterocycles. The van der Waals surface area contributed by atoms with Crippen LogP contribution < -0.4 is 5.32 Å². The van der Waals surface area contributed by atoms with E-state index in [9.17, 15) is 9.18 Å². The molecule has 3 aromatic carbocycles. The minimum Gasteiger partial charge on any atom is -0.350 e. The first kappa shape index (κ1) is 20.8. The second kappa shape index (κ2) is 8.84. The third kappa shape index (κ3) is 4.20. The van der Waals surface area contributed by atoms with Gasteiger partial charge in [0.05, 0.1) is 16.2 Å². The Balaban J connectivity index is 1.54. The molecule has 9 heteroatoms. The standard InChI is InChI=1S/C24H18ClFN6O/c25-21-4-2-1-3-19(21)23-20-10-5-16(24(33)27-11-12-31-14-28-29-15-31)13-22(20)32(30-23)18-8-6-17(26)7-9-18/h1-10,13-15H,11-12H2,(H,27,33). The normalized spacial score (nSPS) is 11.1. The third-order valence-electron chi connectivity index (χ3n) is 5.27. The molecule has 0 spiro atoms. The van der Waals surface area contributed by atoms with Crippen molar-refractivity contribution < 1.29 is 9.18 Å². The van der Waals surface area contributed by atoms with Gasteiger partial charge in [-0.15, -0.1) is 10.2 Å². The van der Waals surface area contributed by atoms with E-state index in [1.165, 1.54) is 12.1 Å². The lowest BCUT2D eigenvalue weighted by molar-refractivity contribution is 0.0952. The Kier molecular flexibility index (Phi) is 5.58. The van der Waals surface area contributed by atoms with Crippen molar-refractivity contribution in [3.05, 3.63) is 95.8 Å². The van der Waals surface area contributed by atoms with Crippen LogP contribution >= 0.6 is 11.6 Å². The van der Waals surface area contributed by atoms with Gasteiger partial charge in [-0.2, -0.15) is 5.10 Å². The molecule has 0 saturated carbocycles. The molecule has 1 N–H and O–H groups in total. The number of fused-ring (bicyclic) bond motifs is 1. The maximum Gasteiger partial charge on any atom is 0.251 e. The molecular weight excluding hydrogens is 443 g/mol. The molecule has 0 atom stereocenters. The largest absolute Gasteiger partial charge is 0.350 e. The van der Waals surface area contributed by atoms with Crippen LogP contribution in [0.1, 0.15) is 10.4 Å². The van der Waals surface area contributed by atoms with E-state index < -0.39 is 0 Å². The molecule has 33 heavy (non-hydrogen) atoms. The number of aromatic nitrogens is 5. The summed E-state index contributed by atoms with van der Waals surface area (Å²) in [4.78, 5) is 12.8. The van der Waals surface area contributed by atoms with Gasteiger partial charge in [-0.1, -0.05) is 29.8 Å². The minimum atomic E-state index is -0.338. The molecule has 5 rings (SSSR count). The molecular formula is C24H18ClFN6O. The van der Waals surface area contributed by atoms with Crippen molar-refractivity contribution in [1.82, 2.24) is 29.9 Å². The van der Waals surface area contributed by atoms with Crippen LogP contribution in [0.4, 0.5) is 4.39 Å². The molecule has 0 radical (unpaired) electrons. The lowest BCUT2D eigenvalue weighted by Gasteiger charge is -2.07. The van der Waals surface area contributed by atoms with Crippen LogP contribution in [-0.2, 0) is 6.54 Å². The molecule has 164 valence electrons. The summed E-state index contributed by atoms with van der Waals surface area (Å²) in [5, 5.41) is 16.6. The Morgan fingerprint density at radius 1 is 1.00 bits per heavy atom. The fraction of sp³-hybridized carbons (Fsp3) is 0.0833. The molecule has 0 aliphatic rings. The zero-order valence-electron chi connectivity index (χ0n) is 17.3. The Labute approximate surface area is 193 Å². The Hall–Kier alpha value is -4.04. The molecule has 1 amide bonds. The van der Waals surface area contributed by atoms with Gasteiger partial charge in [-0.3, -0.25) is 4.79 Å². The highest BCUT2D eigenvalue weighted by molar-refractivity contribution is 6.33. The van der Waals surface area contributed by atoms with Crippen molar-refractivity contribution in [3.8, 4) is 16.9 Å². The number of halogens is 2. The summed E-state index contributed by atoms with van der Waals surface area (Å²) in [6, 6.07) is 18.9. The van der Waals surface area contributed by atoms with Gasteiger partial charge >= 0.3 is 0 Å². The number of carbonyl (C=O) groups is 1. The monoisotopic (exact) mass is 460 g/mol. The van der Waals surface area contributed by atoms with Crippen LogP contribution in [0.5, 0.6) is 0 Å². The number of nitrogens with zero attached hydrogens (tertiary/aromatic N) is 5. The summed E-state index contributed by atoms with van der Waals surface area (Å²) >= 11 is 6.44. The summed E-state index contributed by atoms with van der Waals surface area (Å²) < 4.78 is 17.0. The first-order valence-corrected chi connectivity index (χ1v) is 10.6. The van der Waals surface area contributed by atoms with Crippen molar-refractivity contribution in [2.75, 3.05) is 6.54 Å². The van der Waals surface area contributed by atoms with E-state index >= 15 is 0 Å². The molecule has 5 aromatic rings. The number of amides is 1. The van der Waals surface area contributed by atoms with Crippen molar-refractivity contribution in [2.24, 2.45) is 0 Å². The molecule has 2 aromatic heterocycles. The Morgan fingerprint density at radius 3 is 2.52 bits per heavy atom. The number of hydrogen-bond donors (Lipinski definition) is 1. The summed E-state index contributed by atoms with van der Waals surface area (Å²) in [7, 11) is 0. The molecule has 2 heterocycles. The molecule has 0 bridgehead atoms. The van der Waals surface area contributed by atoms with Crippen molar-refractivity contribution in [1.29, 1.82) is 0 Å². The van der Waals surface area contributed by atoms with Gasteiger partial charge < -0.3 is 9.88 Å². The predicted molar refractivity (Wildman–Crippen MR) is 124 cm³/mol. The number of hydrogen-bond acceptors (Lipinski definition) is 4. The lowest BCUT2D eigenvalue weighted by atomic mass is 10.1. The van der Waals surface area contributed by atoms with Gasteiger partial charge in [0.25, 0.3) is 5.91 Å². The van der Waals surface area contributed by atoms with E-state index in [-0.39, 0.29) is 11.7 Å². The average molecular weight is 461 g/mol. The summed E-state index contributed by atoms with van der Waals surface area (Å²) in [5.74, 6) is -0.550. The van der Waals surface area contributed by atoms with Gasteiger partial charge in [-0.25, -0.2) is 9.07 Å². The topological polar surface area (TPSA) is 77.6 Å². The maximum atomic E-state index is 13.5. The van der Waals surface area contributed by atoms with Gasteiger partial charge in [0.15, 0.2) is 0 Å². The molecule has 7 nitrogen and oxygen atoms in total. The summed E-state index contributed by atoms with van der Waals surface area (Å²) in [6.07, 6.45) is 3.19. The molecule has 0 fully saturated rings. The second-order valence-corrected chi connectivity index (χ2v) is 7.81. The quantitative estimate of drug-likeness (QED) is 0.404. The van der Waals surface area contributed by atoms with Crippen LogP contribution in [0, 0.1) is 5.82 Å². The van der Waals surface area contributed by atoms with Crippen molar-refractivity contribution in [2.45, 2.75) is 6.54 Å². The fourth-order valence-corrected chi connectivity index (χ4v) is 3.85. The van der Waals surface area contributed by atoms with Gasteiger partial charge in [0.1, 0.15) is 24.2 Å². The van der Waals surface area contributed by atoms with E-state index in [1.807, 2.05) is 24.3 Å². The van der Waals surface area contributed by atoms with Crippen LogP contribution in [0.3, 0.4) is 0 Å². The molecule has 0 saturated heterocycles. The Morgan fingerprint density at radius 2 is 1.76 bits per heavy atom. The van der Waals surface area contributed by atoms with Crippen LogP contribution in [-0.4, -0.2) is 37.0 Å². The predicted octanol–water partition coefficient (Wildman–Crippen LogP) is 4.51. The van der Waals surface area contributed by atoms with Crippen LogP contribution in [0.25, 0.3) is 27.8 Å². The van der Waals surface area contributed by atoms with Crippen molar-refractivity contribution >= 4 is 28.4 Å². The molecule has 0 aliphatic carbocycles. The number of carbonyl (C=O) groups excluding carboxylic acids is 1. The first-order valence-electron chi connectivity index (χ1n) is 10.2. The van der Waals surface area contributed by atoms with Crippen molar-refractivity contribution in [3.63, 3.8) is 0 Å². The van der Waals surface area contributed by atoms with Gasteiger partial charge in [0, 0.05) is 29.6 Å². The SMILES string of the molecule is O=C(NCCn1cnnc1)c1ccc2c(-c3ccccc3Cl)nn(-c3ccc(F)cc3)c2c1. The third-order valence-corrected chi connectivity index (χ3v) is 5.60. The van der Waals surface area contributed by atoms with Crippen LogP contribution in [0.15, 0.2) is 79.4 Å².